The molecule has 0 fully saturated rings. The second kappa shape index (κ2) is 17.3. The Kier molecular flexibility index (Phi) is 10.9. The predicted octanol–water partition coefficient (Wildman–Crippen LogP) is 12.3. The van der Waals surface area contributed by atoms with E-state index in [0.29, 0.717) is 73.5 Å². The van der Waals surface area contributed by atoms with E-state index in [1.54, 1.807) is 28.4 Å². The van der Waals surface area contributed by atoms with E-state index in [1.807, 2.05) is 140 Å². The number of nitrogens with one attached hydrogen (secondary N) is 3. The number of halogens is 3. The number of aromatic nitrogens is 7. The van der Waals surface area contributed by atoms with Gasteiger partial charge in [0.25, 0.3) is 0 Å². The summed E-state index contributed by atoms with van der Waals surface area (Å²) in [5, 5.41) is 6.98. The molecule has 8 aromatic rings. The van der Waals surface area contributed by atoms with Gasteiger partial charge in [0.2, 0.25) is 11.8 Å². The fraction of sp³-hybridized carbons (Fsp3) is 0.0962. The molecule has 10 rings (SSSR count). The highest BCUT2D eigenvalue weighted by atomic mass is 19.4. The summed E-state index contributed by atoms with van der Waals surface area (Å²) in [7, 11) is 6.45. The number of methoxy groups -OCH3 is 4. The number of nitrogens with zero attached hydrogens (tertiary/aromatic N) is 5. The highest BCUT2D eigenvalue weighted by Crippen LogP contribution is 2.42. The number of aromatic amines is 3. The molecule has 0 amide bonds. The number of hydrogen-bond acceptors (Lipinski definition) is 9. The molecule has 15 heteroatoms. The molecule has 2 aliphatic heterocycles. The molecule has 67 heavy (non-hydrogen) atoms. The monoisotopic (exact) mass is 896 g/mol. The van der Waals surface area contributed by atoms with Crippen molar-refractivity contribution >= 4 is 58.0 Å². The molecule has 332 valence electrons. The third-order valence-electron chi connectivity index (χ3n) is 11.4. The Morgan fingerprint density at radius 3 is 1.33 bits per heavy atom. The average molecular weight is 897 g/mol. The van der Waals surface area contributed by atoms with Crippen LogP contribution in [0.2, 0.25) is 0 Å². The molecule has 2 aliphatic rings. The lowest BCUT2D eigenvalue weighted by Gasteiger charge is -2.09. The Morgan fingerprint density at radius 2 is 0.910 bits per heavy atom. The van der Waals surface area contributed by atoms with Gasteiger partial charge in [0.05, 0.1) is 51.2 Å². The summed E-state index contributed by atoms with van der Waals surface area (Å²) in [6.45, 7) is 0. The lowest BCUT2D eigenvalue weighted by Crippen LogP contribution is -2.07. The first-order valence-electron chi connectivity index (χ1n) is 20.9. The number of alkyl halides is 3. The number of ether oxygens (including phenoxy) is 4. The number of hydrogen-bond donors (Lipinski definition) is 3. The van der Waals surface area contributed by atoms with Crippen LogP contribution in [0.5, 0.6) is 23.0 Å². The highest BCUT2D eigenvalue weighted by molar-refractivity contribution is 6.20. The van der Waals surface area contributed by atoms with Gasteiger partial charge in [0, 0.05) is 56.1 Å². The third kappa shape index (κ3) is 8.18. The Labute approximate surface area is 381 Å². The SMILES string of the molecule is COc1cccc(-c2c3nc(c(-c4cccc(OC)c4)c4ccc([nH]4)c(-c4cccc(OC)c4)c4nc(c(-c5cccc(OC)c5)c5ccc2[nH]5)C=C4/C=N\c2nnc(C(F)(F)F)[nH]2)C=C3)c1. The zero-order valence-electron chi connectivity index (χ0n) is 36.4. The fourth-order valence-corrected chi connectivity index (χ4v) is 8.30. The molecule has 0 radical (unpaired) electrons. The minimum Gasteiger partial charge on any atom is -0.497 e. The number of aliphatic imine (C=N–C) groups is 1. The lowest BCUT2D eigenvalue weighted by atomic mass is 9.99. The van der Waals surface area contributed by atoms with Crippen LogP contribution in [-0.4, -0.2) is 69.8 Å². The Balaban J connectivity index is 1.39. The first kappa shape index (κ1) is 42.2. The Bertz CT molecular complexity index is 3490. The molecule has 4 aromatic heterocycles. The molecule has 0 atom stereocenters. The first-order chi connectivity index (χ1) is 32.6. The molecular weight excluding hydrogens is 858 g/mol. The minimum absolute atomic E-state index is 0.338. The van der Waals surface area contributed by atoms with Gasteiger partial charge >= 0.3 is 6.18 Å². The van der Waals surface area contributed by atoms with Gasteiger partial charge in [-0.3, -0.25) is 0 Å². The van der Waals surface area contributed by atoms with Gasteiger partial charge in [-0.2, -0.15) is 13.2 Å². The van der Waals surface area contributed by atoms with Gasteiger partial charge in [-0.1, -0.05) is 48.5 Å². The van der Waals surface area contributed by atoms with Crippen molar-refractivity contribution in [3.63, 3.8) is 0 Å². The molecule has 0 unspecified atom stereocenters. The van der Waals surface area contributed by atoms with Crippen molar-refractivity contribution in [1.29, 1.82) is 0 Å². The van der Waals surface area contributed by atoms with E-state index in [-0.39, 0.29) is 5.95 Å². The van der Waals surface area contributed by atoms with Gasteiger partial charge in [-0.05, 0) is 113 Å². The molecule has 0 saturated carbocycles. The first-order valence-corrected chi connectivity index (χ1v) is 20.9. The summed E-state index contributed by atoms with van der Waals surface area (Å²) in [6, 6.07) is 38.7. The smallest absolute Gasteiger partial charge is 0.451 e. The maximum Gasteiger partial charge on any atom is 0.451 e. The van der Waals surface area contributed by atoms with Gasteiger partial charge < -0.3 is 33.9 Å². The van der Waals surface area contributed by atoms with E-state index < -0.39 is 12.0 Å². The van der Waals surface area contributed by atoms with Crippen molar-refractivity contribution in [2.75, 3.05) is 28.4 Å². The van der Waals surface area contributed by atoms with E-state index in [0.717, 1.165) is 44.4 Å². The molecule has 8 bridgehead atoms. The van der Waals surface area contributed by atoms with Crippen LogP contribution in [0, 0.1) is 0 Å². The summed E-state index contributed by atoms with van der Waals surface area (Å²) in [5.74, 6) is 0.942. The van der Waals surface area contributed by atoms with Gasteiger partial charge in [-0.25, -0.2) is 15.0 Å². The van der Waals surface area contributed by atoms with Crippen molar-refractivity contribution in [3.05, 3.63) is 150 Å². The van der Waals surface area contributed by atoms with Crippen molar-refractivity contribution in [3.8, 4) is 67.5 Å². The Hall–Kier alpha value is -8.72. The zero-order valence-corrected chi connectivity index (χ0v) is 36.4. The van der Waals surface area contributed by atoms with Gasteiger partial charge in [0.15, 0.2) is 0 Å². The maximum absolute atomic E-state index is 13.7. The average Bonchev–Trinajstić information content (AvgIpc) is 4.22. The maximum atomic E-state index is 13.7. The van der Waals surface area contributed by atoms with Crippen LogP contribution in [-0.2, 0) is 6.18 Å². The summed E-state index contributed by atoms with van der Waals surface area (Å²) < 4.78 is 63.8. The summed E-state index contributed by atoms with van der Waals surface area (Å²) in [5.41, 5.74) is 11.8. The van der Waals surface area contributed by atoms with Crippen LogP contribution >= 0.6 is 0 Å². The third-order valence-corrected chi connectivity index (χ3v) is 11.4. The van der Waals surface area contributed by atoms with Crippen LogP contribution in [0.3, 0.4) is 0 Å². The van der Waals surface area contributed by atoms with E-state index >= 15 is 0 Å². The predicted molar refractivity (Wildman–Crippen MR) is 255 cm³/mol. The van der Waals surface area contributed by atoms with E-state index in [4.69, 9.17) is 28.9 Å². The largest absolute Gasteiger partial charge is 0.497 e. The standard InChI is InChI=1S/C52H39F3N8O4/c1-64-34-13-5-9-29(23-34)45-38-17-18-39(57-38)46(30-10-6-14-35(24-30)65-2)41-21-22-43(59-41)48(32-12-8-16-37(26-32)67-4)49-33(28-56-51-61-50(62-63-51)52(53,54)55)27-44(60-49)47(42-20-19-40(45)58-42)31-11-7-15-36(25-31)66-3/h5-28,58-59H,1-4H3,(H,61,62,63)/b45-38?,45-40?,46-39?,46-41?,47-42?,47-44?,48-43?,49-48?,56-28-. The van der Waals surface area contributed by atoms with Crippen molar-refractivity contribution in [1.82, 2.24) is 35.1 Å². The molecule has 12 nitrogen and oxygen atoms in total. The highest BCUT2D eigenvalue weighted by Gasteiger charge is 2.35. The van der Waals surface area contributed by atoms with Crippen molar-refractivity contribution in [2.24, 2.45) is 4.99 Å². The van der Waals surface area contributed by atoms with Crippen molar-refractivity contribution < 1.29 is 32.1 Å². The van der Waals surface area contributed by atoms with E-state index in [9.17, 15) is 13.2 Å². The van der Waals surface area contributed by atoms with Crippen LogP contribution in [0.25, 0.3) is 90.4 Å². The summed E-state index contributed by atoms with van der Waals surface area (Å²) >= 11 is 0. The van der Waals surface area contributed by atoms with Crippen LogP contribution in [0.1, 0.15) is 28.6 Å². The number of H-pyrrole nitrogens is 3. The molecule has 0 saturated heterocycles. The Morgan fingerprint density at radius 1 is 0.493 bits per heavy atom. The van der Waals surface area contributed by atoms with E-state index in [1.165, 1.54) is 6.21 Å². The fourth-order valence-electron chi connectivity index (χ4n) is 8.30. The normalized spacial score (nSPS) is 12.4. The molecule has 0 aliphatic carbocycles. The van der Waals surface area contributed by atoms with Crippen molar-refractivity contribution in [2.45, 2.75) is 6.18 Å². The molecule has 4 aromatic carbocycles. The number of allylic oxidation sites excluding steroid dienone is 1. The van der Waals surface area contributed by atoms with E-state index in [2.05, 4.69) is 30.1 Å². The quantitative estimate of drug-likeness (QED) is 0.115. The molecule has 0 spiro atoms. The number of fused-ring (bicyclic) bond motifs is 8. The molecule has 3 N–H and O–H groups in total. The van der Waals surface area contributed by atoms with Gasteiger partial charge in [0.1, 0.15) is 23.0 Å². The number of rotatable bonds is 10. The summed E-state index contributed by atoms with van der Waals surface area (Å²) in [4.78, 5) is 24.8. The second-order valence-electron chi connectivity index (χ2n) is 15.4. The topological polar surface area (TPSA) is 148 Å². The van der Waals surface area contributed by atoms with Crippen LogP contribution in [0.4, 0.5) is 19.1 Å². The molecular formula is C52H39F3N8O4. The zero-order chi connectivity index (χ0) is 46.2. The van der Waals surface area contributed by atoms with Gasteiger partial charge in [-0.15, -0.1) is 10.2 Å². The molecule has 6 heterocycles. The van der Waals surface area contributed by atoms with Crippen LogP contribution < -0.4 is 18.9 Å². The van der Waals surface area contributed by atoms with Crippen LogP contribution in [0.15, 0.2) is 126 Å². The summed E-state index contributed by atoms with van der Waals surface area (Å²) in [6.07, 6.45) is 2.55. The lowest BCUT2D eigenvalue weighted by molar-refractivity contribution is -0.144. The number of benzene rings is 4. The minimum atomic E-state index is -4.75. The second-order valence-corrected chi connectivity index (χ2v) is 15.4.